The molecule has 0 aliphatic carbocycles. The number of anilines is 1. The van der Waals surface area contributed by atoms with Crippen LogP contribution < -0.4 is 10.2 Å². The van der Waals surface area contributed by atoms with E-state index in [9.17, 15) is 0 Å². The summed E-state index contributed by atoms with van der Waals surface area (Å²) in [6.45, 7) is 8.70. The number of nitrogens with one attached hydrogen (secondary N) is 1. The highest BCUT2D eigenvalue weighted by Gasteiger charge is 2.30. The number of hydrogen-bond donors (Lipinski definition) is 1. The van der Waals surface area contributed by atoms with E-state index in [1.807, 2.05) is 0 Å². The maximum atomic E-state index is 5.67. The predicted molar refractivity (Wildman–Crippen MR) is 84.5 cm³/mol. The molecule has 2 saturated heterocycles. The summed E-state index contributed by atoms with van der Waals surface area (Å²) in [5.41, 5.74) is 1.01. The molecule has 1 aromatic rings. The maximum absolute atomic E-state index is 5.67. The van der Waals surface area contributed by atoms with Crippen molar-refractivity contribution >= 4 is 6.01 Å². The van der Waals surface area contributed by atoms with Crippen molar-refractivity contribution in [3.63, 3.8) is 0 Å². The highest BCUT2D eigenvalue weighted by molar-refractivity contribution is 5.29. The van der Waals surface area contributed by atoms with Crippen molar-refractivity contribution in [2.24, 2.45) is 0 Å². The Balaban J connectivity index is 1.51. The van der Waals surface area contributed by atoms with E-state index in [-0.39, 0.29) is 0 Å². The van der Waals surface area contributed by atoms with Gasteiger partial charge < -0.3 is 14.6 Å². The second kappa shape index (κ2) is 7.27. The maximum Gasteiger partial charge on any atom is 0.297 e. The molecule has 2 aliphatic heterocycles. The second-order valence-electron chi connectivity index (χ2n) is 6.28. The first-order valence-electron chi connectivity index (χ1n) is 8.51. The van der Waals surface area contributed by atoms with Gasteiger partial charge in [0.25, 0.3) is 6.01 Å². The van der Waals surface area contributed by atoms with Crippen LogP contribution in [-0.4, -0.2) is 48.6 Å². The summed E-state index contributed by atoms with van der Waals surface area (Å²) in [6.07, 6.45) is 8.32. The Labute approximate surface area is 127 Å². The van der Waals surface area contributed by atoms with Crippen molar-refractivity contribution in [1.29, 1.82) is 0 Å². The van der Waals surface area contributed by atoms with Crippen molar-refractivity contribution in [1.82, 2.24) is 15.2 Å². The smallest absolute Gasteiger partial charge is 0.297 e. The lowest BCUT2D eigenvalue weighted by Crippen LogP contribution is -2.40. The van der Waals surface area contributed by atoms with Crippen LogP contribution in [0.2, 0.25) is 0 Å². The quantitative estimate of drug-likeness (QED) is 0.815. The lowest BCUT2D eigenvalue weighted by molar-refractivity contribution is 0.174. The topological polar surface area (TPSA) is 44.5 Å². The Kier molecular flexibility index (Phi) is 5.14. The standard InChI is InChI=1S/C16H28N4O/c1-2-7-17-11-14-13-21-16(18-14)20-10-6-15(12-20)19-8-4-3-5-9-19/h13,15,17H,2-12H2,1H3. The summed E-state index contributed by atoms with van der Waals surface area (Å²) in [5.74, 6) is 0. The molecule has 2 aliphatic rings. The fourth-order valence-corrected chi connectivity index (χ4v) is 3.41. The molecule has 0 saturated carbocycles. The van der Waals surface area contributed by atoms with Gasteiger partial charge in [0.2, 0.25) is 0 Å². The van der Waals surface area contributed by atoms with Crippen molar-refractivity contribution in [2.75, 3.05) is 37.6 Å². The molecule has 2 fully saturated rings. The molecule has 3 heterocycles. The van der Waals surface area contributed by atoms with Crippen LogP contribution in [0, 0.1) is 0 Å². The number of aromatic nitrogens is 1. The van der Waals surface area contributed by atoms with Crippen molar-refractivity contribution < 1.29 is 4.42 Å². The second-order valence-corrected chi connectivity index (χ2v) is 6.28. The molecule has 0 radical (unpaired) electrons. The van der Waals surface area contributed by atoms with E-state index >= 15 is 0 Å². The Bertz CT molecular complexity index is 428. The Hall–Kier alpha value is -1.07. The SMILES string of the molecule is CCCNCc1coc(N2CCC(N3CCCCC3)C2)n1. The minimum absolute atomic E-state index is 0.693. The van der Waals surface area contributed by atoms with Crippen LogP contribution in [0.25, 0.3) is 0 Å². The van der Waals surface area contributed by atoms with Gasteiger partial charge in [-0.3, -0.25) is 4.90 Å². The molecule has 1 unspecified atom stereocenters. The van der Waals surface area contributed by atoms with Gasteiger partial charge in [0.15, 0.2) is 0 Å². The fourth-order valence-electron chi connectivity index (χ4n) is 3.41. The molecule has 1 atom stereocenters. The minimum Gasteiger partial charge on any atom is -0.432 e. The molecule has 118 valence electrons. The normalized spacial score (nSPS) is 23.9. The molecular weight excluding hydrogens is 264 g/mol. The molecule has 1 aromatic heterocycles. The molecule has 21 heavy (non-hydrogen) atoms. The van der Waals surface area contributed by atoms with Gasteiger partial charge in [0.05, 0.1) is 5.69 Å². The van der Waals surface area contributed by atoms with Crippen LogP contribution in [0.3, 0.4) is 0 Å². The zero-order chi connectivity index (χ0) is 14.5. The van der Waals surface area contributed by atoms with Crippen LogP contribution >= 0.6 is 0 Å². The van der Waals surface area contributed by atoms with Crippen LogP contribution in [0.5, 0.6) is 0 Å². The lowest BCUT2D eigenvalue weighted by Gasteiger charge is -2.31. The van der Waals surface area contributed by atoms with E-state index in [1.54, 1.807) is 6.26 Å². The summed E-state index contributed by atoms with van der Waals surface area (Å²) in [4.78, 5) is 9.59. The zero-order valence-corrected chi connectivity index (χ0v) is 13.2. The van der Waals surface area contributed by atoms with Crippen molar-refractivity contribution in [3.8, 4) is 0 Å². The van der Waals surface area contributed by atoms with Gasteiger partial charge in [-0.2, -0.15) is 4.98 Å². The predicted octanol–water partition coefficient (Wildman–Crippen LogP) is 2.24. The molecule has 5 nitrogen and oxygen atoms in total. The van der Waals surface area contributed by atoms with Crippen LogP contribution in [0.1, 0.15) is 44.7 Å². The third kappa shape index (κ3) is 3.77. The number of hydrogen-bond acceptors (Lipinski definition) is 5. The van der Waals surface area contributed by atoms with Gasteiger partial charge in [-0.25, -0.2) is 0 Å². The number of piperidine rings is 1. The van der Waals surface area contributed by atoms with E-state index in [0.29, 0.717) is 6.04 Å². The van der Waals surface area contributed by atoms with Crippen LogP contribution in [-0.2, 0) is 6.54 Å². The summed E-state index contributed by atoms with van der Waals surface area (Å²) in [5, 5.41) is 3.37. The van der Waals surface area contributed by atoms with E-state index in [4.69, 9.17) is 4.42 Å². The van der Waals surface area contributed by atoms with Gasteiger partial charge >= 0.3 is 0 Å². The summed E-state index contributed by atoms with van der Waals surface area (Å²) in [7, 11) is 0. The largest absolute Gasteiger partial charge is 0.432 e. The van der Waals surface area contributed by atoms with Gasteiger partial charge in [-0.1, -0.05) is 13.3 Å². The molecule has 0 spiro atoms. The first-order chi connectivity index (χ1) is 10.4. The number of nitrogens with zero attached hydrogens (tertiary/aromatic N) is 3. The third-order valence-corrected chi connectivity index (χ3v) is 4.61. The van der Waals surface area contributed by atoms with Crippen LogP contribution in [0.15, 0.2) is 10.7 Å². The van der Waals surface area contributed by atoms with Gasteiger partial charge in [-0.15, -0.1) is 0 Å². The van der Waals surface area contributed by atoms with Gasteiger partial charge in [-0.05, 0) is 45.3 Å². The molecular formula is C16H28N4O. The molecule has 1 N–H and O–H groups in total. The molecule has 0 aromatic carbocycles. The number of oxazole rings is 1. The number of likely N-dealkylation sites (tertiary alicyclic amines) is 1. The third-order valence-electron chi connectivity index (χ3n) is 4.61. The minimum atomic E-state index is 0.693. The lowest BCUT2D eigenvalue weighted by atomic mass is 10.1. The van der Waals surface area contributed by atoms with Gasteiger partial charge in [0.1, 0.15) is 6.26 Å². The number of rotatable bonds is 6. The Morgan fingerprint density at radius 1 is 1.29 bits per heavy atom. The molecule has 0 amide bonds. The molecule has 0 bridgehead atoms. The summed E-state index contributed by atoms with van der Waals surface area (Å²) < 4.78 is 5.67. The average molecular weight is 292 g/mol. The highest BCUT2D eigenvalue weighted by Crippen LogP contribution is 2.24. The highest BCUT2D eigenvalue weighted by atomic mass is 16.4. The monoisotopic (exact) mass is 292 g/mol. The average Bonchev–Trinajstić information content (AvgIpc) is 3.17. The van der Waals surface area contributed by atoms with Crippen LogP contribution in [0.4, 0.5) is 6.01 Å². The zero-order valence-electron chi connectivity index (χ0n) is 13.2. The summed E-state index contributed by atoms with van der Waals surface area (Å²) >= 11 is 0. The molecule has 3 rings (SSSR count). The first-order valence-corrected chi connectivity index (χ1v) is 8.51. The molecule has 5 heteroatoms. The first kappa shape index (κ1) is 14.9. The van der Waals surface area contributed by atoms with E-state index < -0.39 is 0 Å². The van der Waals surface area contributed by atoms with Gasteiger partial charge in [0, 0.05) is 25.7 Å². The van der Waals surface area contributed by atoms with E-state index in [0.717, 1.165) is 44.3 Å². The summed E-state index contributed by atoms with van der Waals surface area (Å²) in [6, 6.07) is 1.50. The fraction of sp³-hybridized carbons (Fsp3) is 0.812. The Morgan fingerprint density at radius 2 is 2.14 bits per heavy atom. The van der Waals surface area contributed by atoms with Crippen molar-refractivity contribution in [3.05, 3.63) is 12.0 Å². The van der Waals surface area contributed by atoms with Crippen molar-refractivity contribution in [2.45, 2.75) is 51.6 Å². The Morgan fingerprint density at radius 3 is 2.95 bits per heavy atom. The van der Waals surface area contributed by atoms with E-state index in [1.165, 1.54) is 38.8 Å². The van der Waals surface area contributed by atoms with E-state index in [2.05, 4.69) is 27.0 Å².